The molecule has 13 heteroatoms. The Hall–Kier alpha value is -4.65. The lowest BCUT2D eigenvalue weighted by Crippen LogP contribution is -2.38. The van der Waals surface area contributed by atoms with Crippen molar-refractivity contribution < 1.29 is 4.79 Å². The summed E-state index contributed by atoms with van der Waals surface area (Å²) in [5.74, 6) is 1.14. The van der Waals surface area contributed by atoms with Crippen LogP contribution in [0.2, 0.25) is 0 Å². The van der Waals surface area contributed by atoms with Gasteiger partial charge >= 0.3 is 0 Å². The number of hydrogen-bond donors (Lipinski definition) is 3. The summed E-state index contributed by atoms with van der Waals surface area (Å²) in [7, 11) is 0. The van der Waals surface area contributed by atoms with Crippen LogP contribution in [0.1, 0.15) is 22.5 Å². The number of nitrogens with one attached hydrogen (secondary N) is 3. The SMILES string of the molecule is O=C(Cn1cc(-c2cnc(NC3Cc4ccccc4C3)nc2)c(Nc2nccs2)n1)N1CCc2n[nH]nc2C1. The van der Waals surface area contributed by atoms with Crippen LogP contribution in [0.5, 0.6) is 0 Å². The molecule has 196 valence electrons. The van der Waals surface area contributed by atoms with E-state index in [0.29, 0.717) is 36.4 Å². The molecule has 0 fully saturated rings. The fraction of sp³-hybridized carbons (Fsp3) is 0.269. The van der Waals surface area contributed by atoms with Gasteiger partial charge in [-0.15, -0.1) is 11.3 Å². The van der Waals surface area contributed by atoms with E-state index in [0.717, 1.165) is 35.4 Å². The van der Waals surface area contributed by atoms with Crippen molar-refractivity contribution in [2.45, 2.75) is 38.4 Å². The molecule has 0 saturated carbocycles. The van der Waals surface area contributed by atoms with Gasteiger partial charge in [-0.3, -0.25) is 9.48 Å². The molecule has 5 aromatic rings. The highest BCUT2D eigenvalue weighted by Gasteiger charge is 2.25. The van der Waals surface area contributed by atoms with E-state index in [1.54, 1.807) is 28.2 Å². The topological polar surface area (TPSA) is 142 Å². The van der Waals surface area contributed by atoms with Crippen molar-refractivity contribution in [1.82, 2.24) is 45.0 Å². The van der Waals surface area contributed by atoms with Gasteiger partial charge < -0.3 is 15.5 Å². The zero-order chi connectivity index (χ0) is 26.2. The highest BCUT2D eigenvalue weighted by atomic mass is 32.1. The van der Waals surface area contributed by atoms with E-state index >= 15 is 0 Å². The molecule has 1 aliphatic carbocycles. The summed E-state index contributed by atoms with van der Waals surface area (Å²) >= 11 is 1.47. The highest BCUT2D eigenvalue weighted by molar-refractivity contribution is 7.13. The van der Waals surface area contributed by atoms with Gasteiger partial charge in [-0.05, 0) is 24.0 Å². The van der Waals surface area contributed by atoms with Crippen molar-refractivity contribution >= 4 is 34.1 Å². The first kappa shape index (κ1) is 23.5. The molecule has 3 N–H and O–H groups in total. The number of rotatable bonds is 7. The zero-order valence-corrected chi connectivity index (χ0v) is 21.7. The van der Waals surface area contributed by atoms with E-state index < -0.39 is 0 Å². The lowest BCUT2D eigenvalue weighted by molar-refractivity contribution is -0.133. The third kappa shape index (κ3) is 4.83. The summed E-state index contributed by atoms with van der Waals surface area (Å²) in [6.07, 6.45) is 9.74. The monoisotopic (exact) mass is 539 g/mol. The summed E-state index contributed by atoms with van der Waals surface area (Å²) in [5, 5.41) is 25.0. The maximum atomic E-state index is 13.1. The third-order valence-electron chi connectivity index (χ3n) is 7.08. The largest absolute Gasteiger partial charge is 0.351 e. The Morgan fingerprint density at radius 3 is 2.64 bits per heavy atom. The Balaban J connectivity index is 1.09. The smallest absolute Gasteiger partial charge is 0.244 e. The first-order chi connectivity index (χ1) is 19.2. The molecule has 0 radical (unpaired) electrons. The van der Waals surface area contributed by atoms with Crippen LogP contribution < -0.4 is 10.6 Å². The van der Waals surface area contributed by atoms with Crippen LogP contribution in [0, 0.1) is 0 Å². The molecule has 39 heavy (non-hydrogen) atoms. The quantitative estimate of drug-likeness (QED) is 0.284. The minimum Gasteiger partial charge on any atom is -0.351 e. The maximum Gasteiger partial charge on any atom is 0.244 e. The fourth-order valence-corrected chi connectivity index (χ4v) is 5.66. The molecule has 5 heterocycles. The molecule has 0 saturated heterocycles. The summed E-state index contributed by atoms with van der Waals surface area (Å²) in [4.78, 5) is 28.4. The van der Waals surface area contributed by atoms with Gasteiger partial charge in [0.1, 0.15) is 12.2 Å². The third-order valence-corrected chi connectivity index (χ3v) is 7.77. The number of benzene rings is 1. The van der Waals surface area contributed by atoms with Crippen molar-refractivity contribution in [2.24, 2.45) is 0 Å². The molecule has 1 amide bonds. The molecular weight excluding hydrogens is 514 g/mol. The summed E-state index contributed by atoms with van der Waals surface area (Å²) < 4.78 is 1.65. The molecule has 12 nitrogen and oxygen atoms in total. The molecule has 1 aromatic carbocycles. The van der Waals surface area contributed by atoms with Crippen LogP contribution >= 0.6 is 11.3 Å². The number of hydrogen-bond acceptors (Lipinski definition) is 10. The zero-order valence-electron chi connectivity index (χ0n) is 20.9. The lowest BCUT2D eigenvalue weighted by atomic mass is 10.1. The molecule has 1 aliphatic heterocycles. The number of aromatic amines is 1. The summed E-state index contributed by atoms with van der Waals surface area (Å²) in [5.41, 5.74) is 6.06. The predicted octanol–water partition coefficient (Wildman–Crippen LogP) is 2.82. The number of aromatic nitrogens is 8. The van der Waals surface area contributed by atoms with Crippen molar-refractivity contribution in [3.63, 3.8) is 0 Å². The minimum absolute atomic E-state index is 0.0353. The summed E-state index contributed by atoms with van der Waals surface area (Å²) in [6.45, 7) is 1.14. The second-order valence-corrected chi connectivity index (χ2v) is 10.5. The van der Waals surface area contributed by atoms with E-state index in [4.69, 9.17) is 0 Å². The predicted molar refractivity (Wildman–Crippen MR) is 145 cm³/mol. The van der Waals surface area contributed by atoms with Gasteiger partial charge in [-0.2, -0.15) is 20.5 Å². The molecule has 0 atom stereocenters. The Morgan fingerprint density at radius 1 is 1.08 bits per heavy atom. The number of amides is 1. The number of H-pyrrole nitrogens is 1. The standard InChI is InChI=1S/C26H25N11OS/c38-23(36-7-5-21-22(14-36)33-35-32-21)15-37-13-20(24(34-37)31-26-27-6-8-39-26)18-11-28-25(29-12-18)30-19-9-16-3-1-2-4-17(16)10-19/h1-4,6,8,11-13,19H,5,7,9-10,14-15H2,(H,27,31,34)(H,28,29,30)(H,32,33,35). The first-order valence-corrected chi connectivity index (χ1v) is 13.6. The van der Waals surface area contributed by atoms with E-state index in [2.05, 4.69) is 70.4 Å². The second-order valence-electron chi connectivity index (χ2n) is 9.65. The number of fused-ring (bicyclic) bond motifs is 2. The second kappa shape index (κ2) is 9.91. The van der Waals surface area contributed by atoms with Gasteiger partial charge in [-0.1, -0.05) is 24.3 Å². The van der Waals surface area contributed by atoms with Gasteiger partial charge in [0.05, 0.1) is 12.2 Å². The first-order valence-electron chi connectivity index (χ1n) is 12.7. The average molecular weight is 540 g/mol. The van der Waals surface area contributed by atoms with Gasteiger partial charge in [-0.25, -0.2) is 15.0 Å². The van der Waals surface area contributed by atoms with Gasteiger partial charge in [0, 0.05) is 60.3 Å². The summed E-state index contributed by atoms with van der Waals surface area (Å²) in [6, 6.07) is 8.79. The van der Waals surface area contributed by atoms with Crippen LogP contribution in [0.25, 0.3) is 11.1 Å². The van der Waals surface area contributed by atoms with Crippen LogP contribution in [0.4, 0.5) is 16.9 Å². The van der Waals surface area contributed by atoms with Crippen LogP contribution in [-0.2, 0) is 37.1 Å². The number of carbonyl (C=O) groups excluding carboxylic acids is 1. The van der Waals surface area contributed by atoms with E-state index in [9.17, 15) is 4.79 Å². The van der Waals surface area contributed by atoms with Crippen molar-refractivity contribution in [1.29, 1.82) is 0 Å². The van der Waals surface area contributed by atoms with Crippen LogP contribution in [-0.4, -0.2) is 63.5 Å². The molecule has 0 bridgehead atoms. The molecule has 7 rings (SSSR count). The minimum atomic E-state index is -0.0353. The van der Waals surface area contributed by atoms with Gasteiger partial charge in [0.15, 0.2) is 10.9 Å². The molecule has 2 aliphatic rings. The highest BCUT2D eigenvalue weighted by Crippen LogP contribution is 2.30. The number of nitrogens with zero attached hydrogens (tertiary/aromatic N) is 8. The molecule has 4 aromatic heterocycles. The van der Waals surface area contributed by atoms with Crippen molar-refractivity contribution in [2.75, 3.05) is 17.2 Å². The number of thiazole rings is 1. The number of anilines is 3. The molecule has 0 spiro atoms. The van der Waals surface area contributed by atoms with Gasteiger partial charge in [0.25, 0.3) is 0 Å². The van der Waals surface area contributed by atoms with Crippen LogP contribution in [0.3, 0.4) is 0 Å². The average Bonchev–Trinajstić information content (AvgIpc) is 3.76. The Morgan fingerprint density at radius 2 is 1.87 bits per heavy atom. The van der Waals surface area contributed by atoms with E-state index in [1.165, 1.54) is 22.5 Å². The van der Waals surface area contributed by atoms with Crippen molar-refractivity contribution in [3.05, 3.63) is 76.9 Å². The molecule has 0 unspecified atom stereocenters. The Kier molecular flexibility index (Phi) is 5.96. The number of carbonyl (C=O) groups is 1. The van der Waals surface area contributed by atoms with Crippen LogP contribution in [0.15, 0.2) is 54.4 Å². The van der Waals surface area contributed by atoms with E-state index in [-0.39, 0.29) is 18.5 Å². The lowest BCUT2D eigenvalue weighted by Gasteiger charge is -2.25. The fourth-order valence-electron chi connectivity index (χ4n) is 5.13. The van der Waals surface area contributed by atoms with Crippen molar-refractivity contribution in [3.8, 4) is 11.1 Å². The normalized spacial score (nSPS) is 14.7. The maximum absolute atomic E-state index is 13.1. The van der Waals surface area contributed by atoms with Gasteiger partial charge in [0.2, 0.25) is 11.9 Å². The van der Waals surface area contributed by atoms with E-state index in [1.807, 2.05) is 11.6 Å². The molecular formula is C26H25N11OS. The Labute approximate surface area is 227 Å². The Bertz CT molecular complexity index is 1580.